The fraction of sp³-hybridized carbons (Fsp3) is 0.455. The van der Waals surface area contributed by atoms with Crippen LogP contribution < -0.4 is 5.32 Å². The van der Waals surface area contributed by atoms with E-state index in [-0.39, 0.29) is 11.8 Å². The Morgan fingerprint density at radius 1 is 1.17 bits per heavy atom. The van der Waals surface area contributed by atoms with Crippen LogP contribution in [0.3, 0.4) is 0 Å². The number of rotatable bonds is 4. The average Bonchev–Trinajstić information content (AvgIpc) is 3.20. The first-order valence-electron chi connectivity index (χ1n) is 10.3. The highest BCUT2D eigenvalue weighted by molar-refractivity contribution is 7.14. The summed E-state index contributed by atoms with van der Waals surface area (Å²) in [6.07, 6.45) is 8.67. The summed E-state index contributed by atoms with van der Waals surface area (Å²) >= 11 is 1.52. The lowest BCUT2D eigenvalue weighted by Crippen LogP contribution is -2.50. The zero-order chi connectivity index (χ0) is 20.2. The van der Waals surface area contributed by atoms with Gasteiger partial charge >= 0.3 is 0 Å². The summed E-state index contributed by atoms with van der Waals surface area (Å²) in [4.78, 5) is 27.9. The molecule has 2 heterocycles. The third-order valence-corrected chi connectivity index (χ3v) is 6.42. The van der Waals surface area contributed by atoms with E-state index in [0.717, 1.165) is 65.4 Å². The lowest BCUT2D eigenvalue weighted by Gasteiger charge is -2.35. The zero-order valence-electron chi connectivity index (χ0n) is 16.7. The van der Waals surface area contributed by atoms with Gasteiger partial charge in [0.15, 0.2) is 0 Å². The molecule has 6 nitrogen and oxygen atoms in total. The Hall–Kier alpha value is -2.54. The average molecular weight is 411 g/mol. The highest BCUT2D eigenvalue weighted by Crippen LogP contribution is 2.27. The number of carbonyl (C=O) groups excluding carboxylic acids is 2. The van der Waals surface area contributed by atoms with Gasteiger partial charge in [0.25, 0.3) is 0 Å². The molecular weight excluding hydrogens is 384 g/mol. The van der Waals surface area contributed by atoms with Gasteiger partial charge < -0.3 is 10.2 Å². The Labute approximate surface area is 175 Å². The molecule has 1 saturated heterocycles. The van der Waals surface area contributed by atoms with Crippen LogP contribution in [0.5, 0.6) is 0 Å². The van der Waals surface area contributed by atoms with Crippen molar-refractivity contribution >= 4 is 28.8 Å². The number of aromatic nitrogens is 2. The second-order valence-corrected chi connectivity index (χ2v) is 8.86. The molecule has 2 aliphatic rings. The maximum absolute atomic E-state index is 13.1. The molecule has 1 aromatic carbocycles. The van der Waals surface area contributed by atoms with Crippen LogP contribution in [-0.4, -0.2) is 39.5 Å². The Morgan fingerprint density at radius 3 is 2.83 bits per heavy atom. The first kappa shape index (κ1) is 19.8. The van der Waals surface area contributed by atoms with Crippen molar-refractivity contribution in [2.45, 2.75) is 57.9 Å². The summed E-state index contributed by atoms with van der Waals surface area (Å²) in [5.74, 6) is -0.0670. The second kappa shape index (κ2) is 8.86. The van der Waals surface area contributed by atoms with E-state index in [1.54, 1.807) is 4.90 Å². The maximum Gasteiger partial charge on any atom is 0.250 e. The van der Waals surface area contributed by atoms with Crippen molar-refractivity contribution in [3.8, 4) is 10.6 Å². The van der Waals surface area contributed by atoms with Crippen molar-refractivity contribution in [3.63, 3.8) is 0 Å². The zero-order valence-corrected chi connectivity index (χ0v) is 17.5. The van der Waals surface area contributed by atoms with E-state index in [4.69, 9.17) is 0 Å². The maximum atomic E-state index is 13.1. The molecule has 0 saturated carbocycles. The number of piperidine rings is 1. The molecule has 2 amide bonds. The quantitative estimate of drug-likeness (QED) is 0.814. The van der Waals surface area contributed by atoms with Gasteiger partial charge in [-0.2, -0.15) is 0 Å². The topological polar surface area (TPSA) is 75.2 Å². The van der Waals surface area contributed by atoms with E-state index < -0.39 is 6.04 Å². The number of allylic oxidation sites excluding steroid dienone is 1. The molecule has 1 N–H and O–H groups in total. The Kier molecular flexibility index (Phi) is 6.04. The van der Waals surface area contributed by atoms with Crippen LogP contribution in [-0.2, 0) is 9.59 Å². The van der Waals surface area contributed by atoms with E-state index >= 15 is 0 Å². The minimum absolute atomic E-state index is 0.0441. The number of likely N-dealkylation sites (tertiary alicyclic amines) is 1. The fourth-order valence-electron chi connectivity index (χ4n) is 4.03. The number of carbonyl (C=O) groups is 2. The molecule has 7 heteroatoms. The van der Waals surface area contributed by atoms with Crippen molar-refractivity contribution in [3.05, 3.63) is 40.9 Å². The second-order valence-electron chi connectivity index (χ2n) is 7.68. The van der Waals surface area contributed by atoms with Gasteiger partial charge in [0.05, 0.1) is 0 Å². The predicted molar refractivity (Wildman–Crippen MR) is 115 cm³/mol. The molecule has 1 aromatic heterocycles. The third kappa shape index (κ3) is 4.56. The number of hydrogen-bond donors (Lipinski definition) is 1. The van der Waals surface area contributed by atoms with Crippen LogP contribution in [0, 0.1) is 6.92 Å². The number of anilines is 1. The van der Waals surface area contributed by atoms with E-state index in [9.17, 15) is 9.59 Å². The summed E-state index contributed by atoms with van der Waals surface area (Å²) in [6, 6.07) is 7.23. The summed E-state index contributed by atoms with van der Waals surface area (Å²) in [7, 11) is 0. The number of nitrogens with one attached hydrogen (secondary N) is 1. The Morgan fingerprint density at radius 2 is 2.07 bits per heavy atom. The van der Waals surface area contributed by atoms with Crippen LogP contribution in [0.4, 0.5) is 5.69 Å². The highest BCUT2D eigenvalue weighted by atomic mass is 32.1. The van der Waals surface area contributed by atoms with Crippen LogP contribution in [0.25, 0.3) is 10.6 Å². The molecule has 1 aliphatic carbocycles. The summed E-state index contributed by atoms with van der Waals surface area (Å²) < 4.78 is 0. The first-order chi connectivity index (χ1) is 14.1. The van der Waals surface area contributed by atoms with Crippen molar-refractivity contribution in [1.29, 1.82) is 0 Å². The SMILES string of the molecule is Cc1nnc(-c2cccc(NC(=O)[C@@H]3CCCCN3C(=O)C3=CCCCC3)c2)s1. The van der Waals surface area contributed by atoms with Gasteiger partial charge in [0, 0.05) is 23.4 Å². The summed E-state index contributed by atoms with van der Waals surface area (Å²) in [6.45, 7) is 2.57. The third-order valence-electron chi connectivity index (χ3n) is 5.54. The molecule has 0 bridgehead atoms. The van der Waals surface area contributed by atoms with Gasteiger partial charge in [0.2, 0.25) is 11.8 Å². The minimum Gasteiger partial charge on any atom is -0.327 e. The van der Waals surface area contributed by atoms with Crippen molar-refractivity contribution in [2.24, 2.45) is 0 Å². The molecule has 1 atom stereocenters. The Bertz CT molecular complexity index is 936. The van der Waals surface area contributed by atoms with E-state index in [2.05, 4.69) is 21.6 Å². The molecule has 4 rings (SSSR count). The van der Waals surface area contributed by atoms with Gasteiger partial charge in [-0.1, -0.05) is 29.5 Å². The van der Waals surface area contributed by atoms with E-state index in [1.807, 2.05) is 31.2 Å². The molecule has 2 aromatic rings. The molecule has 1 fully saturated rings. The molecule has 0 unspecified atom stereocenters. The van der Waals surface area contributed by atoms with Gasteiger partial charge in [-0.25, -0.2) is 0 Å². The van der Waals surface area contributed by atoms with Gasteiger partial charge in [-0.3, -0.25) is 9.59 Å². The largest absolute Gasteiger partial charge is 0.327 e. The minimum atomic E-state index is -0.411. The lowest BCUT2D eigenvalue weighted by molar-refractivity contribution is -0.137. The normalized spacial score (nSPS) is 19.6. The van der Waals surface area contributed by atoms with Crippen LogP contribution in [0.15, 0.2) is 35.9 Å². The van der Waals surface area contributed by atoms with Crippen molar-refractivity contribution in [2.75, 3.05) is 11.9 Å². The molecule has 152 valence electrons. The van der Waals surface area contributed by atoms with E-state index in [0.29, 0.717) is 13.0 Å². The smallest absolute Gasteiger partial charge is 0.250 e. The fourth-order valence-corrected chi connectivity index (χ4v) is 4.72. The van der Waals surface area contributed by atoms with Crippen molar-refractivity contribution < 1.29 is 9.59 Å². The molecular formula is C22H26N4O2S. The predicted octanol–water partition coefficient (Wildman–Crippen LogP) is 4.33. The molecule has 29 heavy (non-hydrogen) atoms. The van der Waals surface area contributed by atoms with Crippen LogP contribution >= 0.6 is 11.3 Å². The van der Waals surface area contributed by atoms with Crippen molar-refractivity contribution in [1.82, 2.24) is 15.1 Å². The monoisotopic (exact) mass is 410 g/mol. The van der Waals surface area contributed by atoms with Gasteiger partial charge in [-0.05, 0) is 64.0 Å². The lowest BCUT2D eigenvalue weighted by atomic mass is 9.95. The summed E-state index contributed by atoms with van der Waals surface area (Å²) in [5, 5.41) is 13.0. The number of hydrogen-bond acceptors (Lipinski definition) is 5. The van der Waals surface area contributed by atoms with Crippen LogP contribution in [0.2, 0.25) is 0 Å². The van der Waals surface area contributed by atoms with Gasteiger partial charge in [-0.15, -0.1) is 10.2 Å². The molecule has 0 radical (unpaired) electrons. The summed E-state index contributed by atoms with van der Waals surface area (Å²) in [5.41, 5.74) is 2.53. The number of benzene rings is 1. The van der Waals surface area contributed by atoms with E-state index in [1.165, 1.54) is 11.3 Å². The molecule has 1 aliphatic heterocycles. The first-order valence-corrected chi connectivity index (χ1v) is 11.1. The number of aryl methyl sites for hydroxylation is 1. The standard InChI is InChI=1S/C22H26N4O2S/c1-15-24-25-21(29-15)17-10-7-11-18(14-17)23-20(27)19-12-5-6-13-26(19)22(28)16-8-3-2-4-9-16/h7-8,10-11,14,19H,2-6,9,12-13H2,1H3,(H,23,27)/t19-/m0/s1. The number of amides is 2. The highest BCUT2D eigenvalue weighted by Gasteiger charge is 2.33. The number of nitrogens with zero attached hydrogens (tertiary/aromatic N) is 3. The Balaban J connectivity index is 1.49. The van der Waals surface area contributed by atoms with Gasteiger partial charge in [0.1, 0.15) is 16.1 Å². The molecule has 0 spiro atoms. The van der Waals surface area contributed by atoms with Crippen LogP contribution in [0.1, 0.15) is 50.0 Å².